The highest BCUT2D eigenvalue weighted by Gasteiger charge is 2.25. The maximum absolute atomic E-state index is 12.5. The minimum Gasteiger partial charge on any atom is -0.466 e. The Morgan fingerprint density at radius 2 is 1.16 bits per heavy atom. The summed E-state index contributed by atoms with van der Waals surface area (Å²) in [5.74, 6) is -0.462. The second kappa shape index (κ2) is 22.8. The third-order valence-corrected chi connectivity index (χ3v) is 6.79. The Morgan fingerprint density at radius 1 is 0.658 bits per heavy atom. The van der Waals surface area contributed by atoms with Crippen LogP contribution in [-0.4, -0.2) is 49.6 Å². The van der Waals surface area contributed by atoms with Gasteiger partial charge >= 0.3 is 12.1 Å². The molecular weight excluding hydrogens is 484 g/mol. The van der Waals surface area contributed by atoms with Crippen LogP contribution in [0.4, 0.5) is 4.79 Å². The molecule has 0 bridgehead atoms. The number of hydrogen-bond donors (Lipinski definition) is 2. The first-order valence-electron chi connectivity index (χ1n) is 15.0. The zero-order valence-corrected chi connectivity index (χ0v) is 25.1. The molecule has 0 saturated heterocycles. The third kappa shape index (κ3) is 18.2. The van der Waals surface area contributed by atoms with Crippen molar-refractivity contribution in [2.45, 2.75) is 131 Å². The number of amides is 2. The van der Waals surface area contributed by atoms with Crippen LogP contribution in [0.3, 0.4) is 0 Å². The Hall–Kier alpha value is -2.12. The van der Waals surface area contributed by atoms with E-state index in [0.29, 0.717) is 26.2 Å². The molecule has 0 rings (SSSR count). The number of alkyl carbamates (subject to hydrolysis) is 1. The van der Waals surface area contributed by atoms with Gasteiger partial charge in [0, 0.05) is 13.0 Å². The van der Waals surface area contributed by atoms with E-state index in [4.69, 9.17) is 9.47 Å². The molecule has 2 atom stereocenters. The summed E-state index contributed by atoms with van der Waals surface area (Å²) >= 11 is 0. The van der Waals surface area contributed by atoms with E-state index in [-0.39, 0.29) is 41.8 Å². The van der Waals surface area contributed by atoms with Crippen LogP contribution in [0.25, 0.3) is 0 Å². The zero-order valence-electron chi connectivity index (χ0n) is 25.1. The van der Waals surface area contributed by atoms with Gasteiger partial charge in [0.1, 0.15) is 0 Å². The number of nitrogens with one attached hydrogen (secondary N) is 2. The molecule has 38 heavy (non-hydrogen) atoms. The first-order chi connectivity index (χ1) is 18.1. The lowest BCUT2D eigenvalue weighted by atomic mass is 9.91. The minimum absolute atomic E-state index is 0.0469. The fraction of sp³-hybridized carbons (Fsp3) is 0.867. The fourth-order valence-corrected chi connectivity index (χ4v) is 4.46. The number of carbonyl (C=O) groups is 4. The van der Waals surface area contributed by atoms with Gasteiger partial charge in [-0.05, 0) is 38.5 Å². The van der Waals surface area contributed by atoms with E-state index in [1.807, 2.05) is 27.7 Å². The summed E-state index contributed by atoms with van der Waals surface area (Å²) < 4.78 is 9.89. The number of rotatable bonds is 23. The monoisotopic (exact) mass is 540 g/mol. The highest BCUT2D eigenvalue weighted by Crippen LogP contribution is 2.17. The predicted octanol–water partition coefficient (Wildman–Crippen LogP) is 6.35. The molecule has 2 amide bonds. The van der Waals surface area contributed by atoms with Crippen LogP contribution in [0.1, 0.15) is 125 Å². The number of hydrogen-bond acceptors (Lipinski definition) is 6. The second-order valence-electron chi connectivity index (χ2n) is 10.8. The van der Waals surface area contributed by atoms with Crippen molar-refractivity contribution in [3.05, 3.63) is 0 Å². The molecule has 0 aliphatic heterocycles. The van der Waals surface area contributed by atoms with E-state index < -0.39 is 12.1 Å². The molecule has 222 valence electrons. The molecule has 0 saturated carbocycles. The molecule has 0 heterocycles. The van der Waals surface area contributed by atoms with Gasteiger partial charge in [-0.25, -0.2) is 4.79 Å². The van der Waals surface area contributed by atoms with Gasteiger partial charge in [0.2, 0.25) is 5.91 Å². The quantitative estimate of drug-likeness (QED) is 0.115. The van der Waals surface area contributed by atoms with E-state index in [1.54, 1.807) is 13.8 Å². The summed E-state index contributed by atoms with van der Waals surface area (Å²) in [4.78, 5) is 48.3. The van der Waals surface area contributed by atoms with Crippen molar-refractivity contribution in [1.29, 1.82) is 0 Å². The van der Waals surface area contributed by atoms with Gasteiger partial charge < -0.3 is 20.1 Å². The lowest BCUT2D eigenvalue weighted by molar-refractivity contribution is -0.147. The van der Waals surface area contributed by atoms with E-state index in [0.717, 1.165) is 32.1 Å². The standard InChI is InChI=1S/C30H56N2O6/c1-7-37-27(34)22-25(23(3)4)29(35)31-21-19-17-15-13-11-9-10-12-14-16-18-20-26(33)28(24(5)6)32-30(36)38-8-2/h23-25,28H,7-22H2,1-6H3,(H,31,35)(H,32,36)/t25-,28-/m0/s1. The van der Waals surface area contributed by atoms with Gasteiger partial charge in [-0.1, -0.05) is 85.5 Å². The summed E-state index contributed by atoms with van der Waals surface area (Å²) in [7, 11) is 0. The van der Waals surface area contributed by atoms with E-state index in [2.05, 4.69) is 10.6 Å². The molecule has 0 aliphatic carbocycles. The Balaban J connectivity index is 3.75. The average Bonchev–Trinajstić information content (AvgIpc) is 2.85. The summed E-state index contributed by atoms with van der Waals surface area (Å²) in [5, 5.41) is 5.68. The molecule has 0 radical (unpaired) electrons. The van der Waals surface area contributed by atoms with Crippen LogP contribution < -0.4 is 10.6 Å². The number of Topliss-reactive ketones (excluding diaryl/α,β-unsaturated/α-hetero) is 1. The summed E-state index contributed by atoms with van der Waals surface area (Å²) in [6, 6.07) is -0.474. The molecule has 0 spiro atoms. The number of esters is 1. The van der Waals surface area contributed by atoms with Gasteiger partial charge in [-0.2, -0.15) is 0 Å². The minimum atomic E-state index is -0.520. The van der Waals surface area contributed by atoms with Crippen LogP contribution >= 0.6 is 0 Å². The third-order valence-electron chi connectivity index (χ3n) is 6.79. The molecule has 0 fully saturated rings. The zero-order chi connectivity index (χ0) is 28.8. The second-order valence-corrected chi connectivity index (χ2v) is 10.8. The Labute approximate surface area is 231 Å². The topological polar surface area (TPSA) is 111 Å². The lowest BCUT2D eigenvalue weighted by Crippen LogP contribution is -2.44. The normalized spacial score (nSPS) is 12.7. The Kier molecular flexibility index (Phi) is 21.6. The van der Waals surface area contributed by atoms with Gasteiger partial charge in [-0.3, -0.25) is 14.4 Å². The van der Waals surface area contributed by atoms with Gasteiger partial charge in [-0.15, -0.1) is 0 Å². The SMILES string of the molecule is CCOC(=O)C[C@H](C(=O)NCCCCCCCCCCCCCC(=O)[C@@H](NC(=O)OCC)C(C)C)C(C)C. The summed E-state index contributed by atoms with van der Waals surface area (Å²) in [6.07, 6.45) is 12.5. The number of ketones is 1. The predicted molar refractivity (Wildman–Crippen MR) is 152 cm³/mol. The van der Waals surface area contributed by atoms with Crippen LogP contribution in [-0.2, 0) is 23.9 Å². The van der Waals surface area contributed by atoms with Crippen LogP contribution in [0.5, 0.6) is 0 Å². The van der Waals surface area contributed by atoms with Crippen LogP contribution in [0, 0.1) is 17.8 Å². The van der Waals surface area contributed by atoms with Crippen molar-refractivity contribution in [1.82, 2.24) is 10.6 Å². The van der Waals surface area contributed by atoms with Crippen molar-refractivity contribution in [3.8, 4) is 0 Å². The highest BCUT2D eigenvalue weighted by atomic mass is 16.5. The molecular formula is C30H56N2O6. The van der Waals surface area contributed by atoms with E-state index in [1.165, 1.54) is 38.5 Å². The molecule has 8 heteroatoms. The van der Waals surface area contributed by atoms with Crippen molar-refractivity contribution in [2.75, 3.05) is 19.8 Å². The lowest BCUT2D eigenvalue weighted by Gasteiger charge is -2.20. The number of carbonyl (C=O) groups excluding carboxylic acids is 4. The maximum Gasteiger partial charge on any atom is 0.407 e. The Morgan fingerprint density at radius 3 is 1.63 bits per heavy atom. The number of ether oxygens (including phenoxy) is 2. The van der Waals surface area contributed by atoms with Crippen molar-refractivity contribution in [2.24, 2.45) is 17.8 Å². The van der Waals surface area contributed by atoms with Gasteiger partial charge in [0.15, 0.2) is 5.78 Å². The summed E-state index contributed by atoms with van der Waals surface area (Å²) in [6.45, 7) is 12.6. The molecule has 0 aromatic rings. The maximum atomic E-state index is 12.5. The first kappa shape index (κ1) is 35.9. The van der Waals surface area contributed by atoms with Crippen LogP contribution in [0.2, 0.25) is 0 Å². The average molecular weight is 541 g/mol. The van der Waals surface area contributed by atoms with Crippen LogP contribution in [0.15, 0.2) is 0 Å². The van der Waals surface area contributed by atoms with Gasteiger partial charge in [0.25, 0.3) is 0 Å². The molecule has 2 N–H and O–H groups in total. The molecule has 0 aromatic carbocycles. The smallest absolute Gasteiger partial charge is 0.407 e. The van der Waals surface area contributed by atoms with Crippen molar-refractivity contribution >= 4 is 23.8 Å². The summed E-state index contributed by atoms with van der Waals surface area (Å²) in [5.41, 5.74) is 0. The number of unbranched alkanes of at least 4 members (excludes halogenated alkanes) is 10. The van der Waals surface area contributed by atoms with Crippen molar-refractivity contribution < 1.29 is 28.7 Å². The largest absolute Gasteiger partial charge is 0.466 e. The molecule has 0 unspecified atom stereocenters. The fourth-order valence-electron chi connectivity index (χ4n) is 4.46. The molecule has 0 aliphatic rings. The van der Waals surface area contributed by atoms with Gasteiger partial charge in [0.05, 0.1) is 31.6 Å². The van der Waals surface area contributed by atoms with E-state index >= 15 is 0 Å². The van der Waals surface area contributed by atoms with E-state index in [9.17, 15) is 19.2 Å². The Bertz CT molecular complexity index is 609. The first-order valence-corrected chi connectivity index (χ1v) is 15.0. The van der Waals surface area contributed by atoms with Crippen molar-refractivity contribution in [3.63, 3.8) is 0 Å². The highest BCUT2D eigenvalue weighted by molar-refractivity contribution is 5.87. The molecule has 8 nitrogen and oxygen atoms in total. The molecule has 0 aromatic heterocycles.